The third-order valence-corrected chi connectivity index (χ3v) is 10.0. The number of rotatable bonds is 25. The second-order valence-electron chi connectivity index (χ2n) is 11.5. The number of carbonyl (C=O) groups is 2. The smallest absolute Gasteiger partial charge is 0.244 e. The quantitative estimate of drug-likeness (QED) is 0.0145. The maximum atomic E-state index is 11.4. The Morgan fingerprint density at radius 3 is 1.75 bits per heavy atom. The predicted molar refractivity (Wildman–Crippen MR) is 195 cm³/mol. The summed E-state index contributed by atoms with van der Waals surface area (Å²) in [5, 5.41) is 15.9. The number of aldehydes is 2. The molecule has 3 heterocycles. The van der Waals surface area contributed by atoms with Crippen LogP contribution in [0.1, 0.15) is 26.7 Å². The molecule has 0 saturated carbocycles. The van der Waals surface area contributed by atoms with E-state index in [2.05, 4.69) is 81.3 Å². The van der Waals surface area contributed by atoms with E-state index in [-0.39, 0.29) is 73.2 Å². The molecule has 3 rings (SSSR count). The van der Waals surface area contributed by atoms with Gasteiger partial charge in [-0.3, -0.25) is 21.7 Å². The second kappa shape index (κ2) is 26.8. The highest BCUT2D eigenvalue weighted by Crippen LogP contribution is 2.15. The first-order valence-electron chi connectivity index (χ1n) is 17.6. The van der Waals surface area contributed by atoms with Crippen molar-refractivity contribution in [3.05, 3.63) is 0 Å². The number of nitrogens with one attached hydrogen (secondary N) is 6. The van der Waals surface area contributed by atoms with Crippen molar-refractivity contribution in [2.45, 2.75) is 63.2 Å². The van der Waals surface area contributed by atoms with E-state index in [1.165, 1.54) is 6.92 Å². The van der Waals surface area contributed by atoms with Crippen molar-refractivity contribution in [1.82, 2.24) is 34.9 Å². The Morgan fingerprint density at radius 2 is 1.32 bits per heavy atom. The molecule has 1 aliphatic heterocycles. The van der Waals surface area contributed by atoms with E-state index in [1.807, 2.05) is 11.9 Å². The minimum atomic E-state index is -4.07. The Bertz CT molecular complexity index is 1440. The molecule has 320 valence electrons. The van der Waals surface area contributed by atoms with E-state index >= 15 is 0 Å². The summed E-state index contributed by atoms with van der Waals surface area (Å²) in [6, 6.07) is -0.120. The van der Waals surface area contributed by atoms with Crippen LogP contribution < -0.4 is 69.0 Å². The van der Waals surface area contributed by atoms with Crippen molar-refractivity contribution in [3.8, 4) is 0 Å². The minimum Gasteiger partial charge on any atom is -0.849 e. The number of hydrogen-bond acceptors (Lipinski definition) is 28. The summed E-state index contributed by atoms with van der Waals surface area (Å²) in [5.41, 5.74) is 9.94. The summed E-state index contributed by atoms with van der Waals surface area (Å²) in [4.78, 5) is 89.3. The highest BCUT2D eigenvalue weighted by molar-refractivity contribution is 6.54. The number of hydrazine groups is 4. The number of nitrogen functional groups attached to an aromatic ring is 3. The Hall–Kier alpha value is -3.97. The molecule has 2 aromatic heterocycles. The van der Waals surface area contributed by atoms with Crippen LogP contribution in [0.15, 0.2) is 0 Å². The van der Waals surface area contributed by atoms with Crippen molar-refractivity contribution in [3.63, 3.8) is 0 Å². The molecule has 56 heavy (non-hydrogen) atoms. The molecule has 0 radical (unpaired) electrons. The summed E-state index contributed by atoms with van der Waals surface area (Å²) in [6.07, 6.45) is -0.0391. The van der Waals surface area contributed by atoms with Crippen molar-refractivity contribution in [2.75, 3.05) is 85.9 Å². The molecule has 0 aliphatic carbocycles. The van der Waals surface area contributed by atoms with Gasteiger partial charge in [-0.25, -0.2) is 22.5 Å². The van der Waals surface area contributed by atoms with Crippen LogP contribution in [0.5, 0.6) is 0 Å². The standard InChI is InChI=1S/C13H26N8O5Si.C7H16N8O3Si.C6H10O4/c1-9-6-21(7-10(8-22)26-9)20-13-17-11(16-12(18-13)19-14)15-4-3-5-27(23,24)25-2;1-18-19(16,17)4-2-3-10-5-11-6(14-8)13-7(12-5)15-9;1-5(2-7)10-6(3-8)4-9/h9-10,22H,3-8,14H2,1-2H3,(H3,15,16,17,18,19,20);2-4,8-9H2,1H3,(H3,10,11,12,13,14,15);2-3,5-6,9H,4H2,1H3/q2*-2;/i22D;;9D. The lowest BCUT2D eigenvalue weighted by Gasteiger charge is -2.44. The Labute approximate surface area is 327 Å². The minimum absolute atomic E-state index is 0.0500. The lowest BCUT2D eigenvalue weighted by atomic mass is 10.2. The zero-order valence-electron chi connectivity index (χ0n) is 33.3. The summed E-state index contributed by atoms with van der Waals surface area (Å²) >= 11 is 0. The lowest BCUT2D eigenvalue weighted by Crippen LogP contribution is -2.64. The monoisotopic (exact) mass is 838 g/mol. The number of ether oxygens (including phenoxy) is 2. The molecule has 4 unspecified atom stereocenters. The molecule has 0 amide bonds. The summed E-state index contributed by atoms with van der Waals surface area (Å²) in [5.74, 6) is 16.9. The number of nitrogens with zero attached hydrogens (tertiary/aromatic N) is 7. The van der Waals surface area contributed by atoms with Crippen LogP contribution in [-0.2, 0) is 27.9 Å². The van der Waals surface area contributed by atoms with Gasteiger partial charge in [0, 0.05) is 40.4 Å². The van der Waals surface area contributed by atoms with Crippen LogP contribution in [0.3, 0.4) is 0 Å². The van der Waals surface area contributed by atoms with Crippen molar-refractivity contribution < 1.29 is 57.3 Å². The molecular formula is C26H52N16O12Si2-4. The Balaban J connectivity index is 0.000000483. The van der Waals surface area contributed by atoms with Crippen LogP contribution in [0.25, 0.3) is 0 Å². The van der Waals surface area contributed by atoms with Gasteiger partial charge in [0.05, 0.1) is 25.4 Å². The third-order valence-electron chi connectivity index (χ3n) is 6.83. The average Bonchev–Trinajstić information content (AvgIpc) is 3.21. The van der Waals surface area contributed by atoms with E-state index in [4.69, 9.17) is 29.9 Å². The number of morpholine rings is 1. The van der Waals surface area contributed by atoms with E-state index < -0.39 is 29.8 Å². The highest BCUT2D eigenvalue weighted by Gasteiger charge is 2.25. The first-order valence-corrected chi connectivity index (χ1v) is 20.7. The van der Waals surface area contributed by atoms with Gasteiger partial charge in [0.15, 0.2) is 6.29 Å². The fourth-order valence-corrected chi connectivity index (χ4v) is 5.78. The second-order valence-corrected chi connectivity index (χ2v) is 16.0. The van der Waals surface area contributed by atoms with Crippen LogP contribution >= 0.6 is 0 Å². The van der Waals surface area contributed by atoms with Gasteiger partial charge in [-0.05, 0) is 44.3 Å². The molecular weight excluding hydrogens is 785 g/mol. The number of aliphatic hydroxyl groups is 2. The molecule has 1 aliphatic rings. The number of aromatic nitrogens is 6. The molecule has 4 atom stereocenters. The molecule has 1 saturated heterocycles. The largest absolute Gasteiger partial charge is 0.849 e. The summed E-state index contributed by atoms with van der Waals surface area (Å²) in [7, 11) is -5.79. The van der Waals surface area contributed by atoms with Gasteiger partial charge >= 0.3 is 0 Å². The number of nitrogens with two attached hydrogens (primary N) is 3. The van der Waals surface area contributed by atoms with Gasteiger partial charge in [-0.15, -0.1) is 0 Å². The van der Waals surface area contributed by atoms with Crippen molar-refractivity contribution >= 4 is 65.9 Å². The van der Waals surface area contributed by atoms with Crippen LogP contribution in [0.4, 0.5) is 35.7 Å². The van der Waals surface area contributed by atoms with Gasteiger partial charge in [-0.2, -0.15) is 29.9 Å². The maximum absolute atomic E-state index is 11.4. The topological polar surface area (TPSA) is 435 Å². The normalized spacial score (nSPS) is 17.3. The first-order chi connectivity index (χ1) is 27.6. The van der Waals surface area contributed by atoms with E-state index in [9.17, 15) is 28.8 Å². The fraction of sp³-hybridized carbons (Fsp3) is 0.692. The Morgan fingerprint density at radius 1 is 0.839 bits per heavy atom. The molecule has 0 spiro atoms. The maximum Gasteiger partial charge on any atom is 0.244 e. The molecule has 1 fully saturated rings. The summed E-state index contributed by atoms with van der Waals surface area (Å²) < 4.78 is 32.5. The number of aliphatic hydroxyl groups excluding tert-OH is 2. The molecule has 14 N–H and O–H groups in total. The highest BCUT2D eigenvalue weighted by atomic mass is 28.4. The summed E-state index contributed by atoms with van der Waals surface area (Å²) in [6.45, 7) is 5.13. The molecule has 2 aromatic rings. The van der Waals surface area contributed by atoms with Gasteiger partial charge in [0.2, 0.25) is 38.6 Å². The Kier molecular flexibility index (Phi) is 22.2. The lowest BCUT2D eigenvalue weighted by molar-refractivity contribution is -0.405. The average molecular weight is 839 g/mol. The fourth-order valence-electron chi connectivity index (χ4n) is 4.16. The zero-order chi connectivity index (χ0) is 43.6. The number of hydrogen-bond donors (Lipinski definition) is 11. The molecule has 28 nitrogen and oxygen atoms in total. The van der Waals surface area contributed by atoms with E-state index in [0.29, 0.717) is 51.6 Å². The zero-order valence-corrected chi connectivity index (χ0v) is 33.3. The first kappa shape index (κ1) is 46.4. The van der Waals surface area contributed by atoms with Crippen molar-refractivity contribution in [2.24, 2.45) is 17.5 Å². The van der Waals surface area contributed by atoms with Gasteiger partial charge in [0.1, 0.15) is 18.5 Å². The van der Waals surface area contributed by atoms with Crippen LogP contribution in [0, 0.1) is 0 Å². The third kappa shape index (κ3) is 20.8. The number of carbonyl (C=O) groups excluding carboxylic acids is 2. The van der Waals surface area contributed by atoms with Gasteiger partial charge in [-0.1, -0.05) is 12.1 Å². The van der Waals surface area contributed by atoms with E-state index in [1.54, 1.807) is 0 Å². The van der Waals surface area contributed by atoms with E-state index in [0.717, 1.165) is 14.2 Å². The van der Waals surface area contributed by atoms with Crippen LogP contribution in [0.2, 0.25) is 12.1 Å². The van der Waals surface area contributed by atoms with Crippen molar-refractivity contribution in [1.29, 1.82) is 2.86 Å². The molecule has 30 heteroatoms. The predicted octanol–water partition coefficient (Wildman–Crippen LogP) is -7.63. The molecule has 0 bridgehead atoms. The van der Waals surface area contributed by atoms with Gasteiger partial charge < -0.3 is 67.9 Å². The van der Waals surface area contributed by atoms with Crippen LogP contribution in [-0.4, -0.2) is 156 Å². The van der Waals surface area contributed by atoms with Gasteiger partial charge in [0.25, 0.3) is 0 Å². The number of anilines is 6. The molecule has 0 aromatic carbocycles. The SMILES string of the molecule is CO[Si]([O-])([O-])CCCNc1nc(NN)nc(NN)n1.[2H]OCC(C=O)OC(C)C=O.[2H]OCC1CN(Nc2nc(NN)nc(NCCC[Si]([O-])([O-])OC)n2)CC(C)O1.